The fourth-order valence-electron chi connectivity index (χ4n) is 4.22. The molecular formula is C30H26N2S16. The van der Waals surface area contributed by atoms with Crippen molar-refractivity contribution in [3.63, 3.8) is 0 Å². The molecule has 7 heterocycles. The lowest BCUT2D eigenvalue weighted by molar-refractivity contribution is 1.09. The van der Waals surface area contributed by atoms with E-state index in [1.165, 1.54) is 50.8 Å². The zero-order chi connectivity index (χ0) is 33.0. The highest BCUT2D eigenvalue weighted by Gasteiger charge is 2.32. The second-order valence-corrected chi connectivity index (χ2v) is 28.0. The lowest BCUT2D eigenvalue weighted by Crippen LogP contribution is -1.94. The van der Waals surface area contributed by atoms with E-state index >= 15 is 0 Å². The lowest BCUT2D eigenvalue weighted by Gasteiger charge is -2.09. The lowest BCUT2D eigenvalue weighted by atomic mass is 10.3. The molecule has 18 heteroatoms. The van der Waals surface area contributed by atoms with E-state index in [0.717, 1.165) is 45.8 Å². The Kier molecular flexibility index (Phi) is 15.1. The molecule has 0 spiro atoms. The Bertz CT molecular complexity index is 1550. The molecule has 0 aliphatic carbocycles. The molecule has 2 aromatic heterocycles. The van der Waals surface area contributed by atoms with Crippen LogP contribution in [-0.2, 0) is 23.0 Å². The highest BCUT2D eigenvalue weighted by molar-refractivity contribution is 8.46. The molecule has 4 bridgehead atoms. The summed E-state index contributed by atoms with van der Waals surface area (Å²) < 4.78 is 17.0. The van der Waals surface area contributed by atoms with Crippen LogP contribution in [0.2, 0.25) is 0 Å². The third-order valence-electron chi connectivity index (χ3n) is 6.36. The number of nitrogens with zero attached hydrogens (tertiary/aromatic N) is 2. The first-order chi connectivity index (χ1) is 23.5. The molecule has 2 aromatic rings. The van der Waals surface area contributed by atoms with E-state index in [4.69, 9.17) is 9.97 Å². The minimum absolute atomic E-state index is 0.869. The van der Waals surface area contributed by atoms with E-state index in [-0.39, 0.29) is 0 Å². The predicted molar refractivity (Wildman–Crippen MR) is 251 cm³/mol. The van der Waals surface area contributed by atoms with Gasteiger partial charge >= 0.3 is 0 Å². The monoisotopic (exact) mass is 926 g/mol. The Morgan fingerprint density at radius 2 is 0.625 bits per heavy atom. The Balaban J connectivity index is 1.13. The number of rotatable bonds is 4. The van der Waals surface area contributed by atoms with Crippen molar-refractivity contribution in [2.24, 2.45) is 0 Å². The zero-order valence-corrected chi connectivity index (χ0v) is 38.8. The van der Waals surface area contributed by atoms with Crippen molar-refractivity contribution >= 4 is 188 Å². The van der Waals surface area contributed by atoms with Gasteiger partial charge in [-0.05, 0) is 49.3 Å². The van der Waals surface area contributed by atoms with E-state index in [9.17, 15) is 0 Å². The minimum atomic E-state index is 0.869. The van der Waals surface area contributed by atoms with Crippen LogP contribution >= 0.6 is 188 Å². The zero-order valence-electron chi connectivity index (χ0n) is 25.7. The Morgan fingerprint density at radius 3 is 0.875 bits per heavy atom. The molecule has 252 valence electrons. The second kappa shape index (κ2) is 18.8. The van der Waals surface area contributed by atoms with Gasteiger partial charge in [-0.3, -0.25) is 9.97 Å². The van der Waals surface area contributed by atoms with E-state index in [1.54, 1.807) is 0 Å². The molecule has 2 nitrogen and oxygen atoms in total. The van der Waals surface area contributed by atoms with Crippen molar-refractivity contribution in [1.29, 1.82) is 0 Å². The Hall–Kier alpha value is 2.34. The highest BCUT2D eigenvalue weighted by Crippen LogP contribution is 2.67. The summed E-state index contributed by atoms with van der Waals surface area (Å²) in [4.78, 5) is 10.3. The molecule has 0 amide bonds. The van der Waals surface area contributed by atoms with Crippen LogP contribution in [0.25, 0.3) is 0 Å². The van der Waals surface area contributed by atoms with Crippen molar-refractivity contribution in [1.82, 2.24) is 9.97 Å². The summed E-state index contributed by atoms with van der Waals surface area (Å²) in [6.07, 6.45) is 8.75. The van der Waals surface area contributed by atoms with Gasteiger partial charge in [0.2, 0.25) is 0 Å². The van der Waals surface area contributed by atoms with E-state index < -0.39 is 0 Å². The highest BCUT2D eigenvalue weighted by atomic mass is 32.3. The van der Waals surface area contributed by atoms with Crippen LogP contribution in [0.3, 0.4) is 0 Å². The van der Waals surface area contributed by atoms with Crippen molar-refractivity contribution in [3.05, 3.63) is 110 Å². The van der Waals surface area contributed by atoms with E-state index in [0.29, 0.717) is 0 Å². The minimum Gasteiger partial charge on any atom is -0.256 e. The van der Waals surface area contributed by atoms with Crippen LogP contribution < -0.4 is 0 Å². The van der Waals surface area contributed by atoms with Gasteiger partial charge in [-0.2, -0.15) is 0 Å². The number of pyridine rings is 2. The maximum atomic E-state index is 5.15. The summed E-state index contributed by atoms with van der Waals surface area (Å²) in [5, 5.41) is 0. The predicted octanol–water partition coefficient (Wildman–Crippen LogP) is 15.3. The summed E-state index contributed by atoms with van der Waals surface area (Å²) in [6, 6.07) is 13.1. The molecule has 0 aromatic carbocycles. The molecule has 5 aliphatic rings. The first kappa shape index (κ1) is 38.6. The molecule has 0 fully saturated rings. The quantitative estimate of drug-likeness (QED) is 0.291. The summed E-state index contributed by atoms with van der Waals surface area (Å²) >= 11 is 30.8. The van der Waals surface area contributed by atoms with Crippen LogP contribution in [0.5, 0.6) is 0 Å². The molecule has 48 heavy (non-hydrogen) atoms. The molecule has 5 aliphatic heterocycles. The number of hydrogen-bond acceptors (Lipinski definition) is 18. The third kappa shape index (κ3) is 9.58. The molecule has 0 saturated carbocycles. The number of fused-ring (bicyclic) bond motifs is 4. The van der Waals surface area contributed by atoms with Crippen molar-refractivity contribution in [2.45, 2.75) is 23.0 Å². The van der Waals surface area contributed by atoms with Gasteiger partial charge in [0, 0.05) is 23.0 Å². The van der Waals surface area contributed by atoms with Crippen LogP contribution in [0.1, 0.15) is 22.8 Å². The average molecular weight is 928 g/mol. The maximum Gasteiger partial charge on any atom is 0.0717 e. The first-order valence-electron chi connectivity index (χ1n) is 14.0. The van der Waals surface area contributed by atoms with Gasteiger partial charge < -0.3 is 0 Å². The number of aromatic nitrogens is 2. The smallest absolute Gasteiger partial charge is 0.0717 e. The van der Waals surface area contributed by atoms with Crippen molar-refractivity contribution in [2.75, 3.05) is 25.0 Å². The maximum absolute atomic E-state index is 5.15. The molecule has 0 N–H and O–H groups in total. The van der Waals surface area contributed by atoms with Crippen LogP contribution in [0, 0.1) is 0 Å². The summed E-state index contributed by atoms with van der Waals surface area (Å²) in [5.41, 5.74) is 4.60. The average Bonchev–Trinajstić information content (AvgIpc) is 3.92. The Morgan fingerprint density at radius 1 is 0.375 bits per heavy atom. The third-order valence-corrected chi connectivity index (χ3v) is 29.0. The Labute approximate surface area is 351 Å². The summed E-state index contributed by atoms with van der Waals surface area (Å²) in [5.74, 6) is 3.48. The SMILES string of the molecule is CSC1=C(SC)SC(=C2SC3=C(SCc4cccc(n4)CSC4=C(SCc5cccc(n5)CS3)SC(=C3SC(SC)=C(SC)S3)S4)S2)S1. The van der Waals surface area contributed by atoms with Gasteiger partial charge in [0.15, 0.2) is 0 Å². The van der Waals surface area contributed by atoms with Gasteiger partial charge in [0.25, 0.3) is 0 Å². The summed E-state index contributed by atoms with van der Waals surface area (Å²) in [6.45, 7) is 0. The van der Waals surface area contributed by atoms with Gasteiger partial charge in [0.1, 0.15) is 0 Å². The molecule has 0 unspecified atom stereocenters. The molecule has 7 rings (SSSR count). The molecule has 0 saturated heterocycles. The number of hydrogen-bond donors (Lipinski definition) is 0. The normalized spacial score (nSPS) is 21.1. The van der Waals surface area contributed by atoms with Crippen molar-refractivity contribution in [3.8, 4) is 0 Å². The fourth-order valence-corrected chi connectivity index (χ4v) is 26.1. The molecular weight excluding hydrogens is 901 g/mol. The van der Waals surface area contributed by atoms with E-state index in [1.807, 2.05) is 188 Å². The second-order valence-electron chi connectivity index (χ2n) is 9.48. The van der Waals surface area contributed by atoms with Crippen LogP contribution in [-0.4, -0.2) is 35.0 Å². The fraction of sp³-hybridized carbons (Fsp3) is 0.267. The standard InChI is InChI=1S/C30H26N2S16/c1-33-19-20(34-2)42-27(41-19)29-45-23-24(46-29)38-12-16-8-6-10-18(32-16)14-40-26-25(39-13-17-9-5-7-15(31-17)11-37-23)47-30(48-26)28-43-21(35-3)22(36-4)44-28/h5-10H,11-14H2,1-4H3. The van der Waals surface area contributed by atoms with Gasteiger partial charge in [-0.1, -0.05) is 106 Å². The van der Waals surface area contributed by atoms with Crippen LogP contribution in [0.4, 0.5) is 0 Å². The first-order valence-corrected chi connectivity index (χ1v) is 29.4. The van der Waals surface area contributed by atoms with E-state index in [2.05, 4.69) is 61.4 Å². The van der Waals surface area contributed by atoms with Crippen molar-refractivity contribution < 1.29 is 0 Å². The summed E-state index contributed by atoms with van der Waals surface area (Å²) in [7, 11) is 0. The molecule has 0 atom stereocenters. The molecule has 0 radical (unpaired) electrons. The topological polar surface area (TPSA) is 25.8 Å². The largest absolute Gasteiger partial charge is 0.256 e. The van der Waals surface area contributed by atoms with Gasteiger partial charge in [-0.15, -0.1) is 94.1 Å². The van der Waals surface area contributed by atoms with Crippen LogP contribution in [0.15, 0.2) is 87.2 Å². The van der Waals surface area contributed by atoms with Gasteiger partial charge in [0.05, 0.1) is 73.6 Å². The number of thioether (sulfide) groups is 16. The van der Waals surface area contributed by atoms with Gasteiger partial charge in [-0.25, -0.2) is 0 Å².